The van der Waals surface area contributed by atoms with E-state index in [1.807, 2.05) is 0 Å². The van der Waals surface area contributed by atoms with Gasteiger partial charge in [0.05, 0.1) is 27.5 Å². The van der Waals surface area contributed by atoms with Gasteiger partial charge < -0.3 is 24.7 Å². The first-order chi connectivity index (χ1) is 10.5. The van der Waals surface area contributed by atoms with Crippen molar-refractivity contribution in [3.8, 4) is 17.2 Å². The van der Waals surface area contributed by atoms with Crippen LogP contribution in [0.1, 0.15) is 5.56 Å². The summed E-state index contributed by atoms with van der Waals surface area (Å²) in [5.41, 5.74) is 7.75. The Morgan fingerprint density at radius 3 is 2.27 bits per heavy atom. The minimum Gasteiger partial charge on any atom is -0.493 e. The van der Waals surface area contributed by atoms with Crippen LogP contribution in [0, 0.1) is 0 Å². The largest absolute Gasteiger partial charge is 0.493 e. The molecule has 1 aromatic rings. The van der Waals surface area contributed by atoms with Crippen molar-refractivity contribution in [1.29, 1.82) is 0 Å². The van der Waals surface area contributed by atoms with Crippen LogP contribution in [0.4, 0.5) is 4.79 Å². The number of benzene rings is 1. The summed E-state index contributed by atoms with van der Waals surface area (Å²) in [5, 5.41) is 3.69. The number of nitrogens with zero attached hydrogens (tertiary/aromatic N) is 1. The summed E-state index contributed by atoms with van der Waals surface area (Å²) in [7, 11) is 4.08. The molecule has 0 spiro atoms. The zero-order valence-electron chi connectivity index (χ0n) is 12.4. The van der Waals surface area contributed by atoms with Crippen molar-refractivity contribution >= 4 is 18.2 Å². The molecular formula is C13H17N3O6. The minimum absolute atomic E-state index is 0.238. The Labute approximate surface area is 127 Å². The van der Waals surface area contributed by atoms with Gasteiger partial charge in [0.15, 0.2) is 18.1 Å². The lowest BCUT2D eigenvalue weighted by Crippen LogP contribution is -2.20. The van der Waals surface area contributed by atoms with Gasteiger partial charge in [-0.3, -0.25) is 4.79 Å². The lowest BCUT2D eigenvalue weighted by molar-refractivity contribution is -0.120. The molecule has 0 aliphatic carbocycles. The quantitative estimate of drug-likeness (QED) is 0.550. The number of hydrogen-bond acceptors (Lipinski definition) is 7. The normalized spacial score (nSPS) is 10.1. The SMILES string of the molecule is COC(=O)N/N=C\c1cc(OC)c(OCC(N)=O)c(OC)c1. The summed E-state index contributed by atoms with van der Waals surface area (Å²) in [4.78, 5) is 21.7. The van der Waals surface area contributed by atoms with Crippen molar-refractivity contribution < 1.29 is 28.5 Å². The van der Waals surface area contributed by atoms with Gasteiger partial charge in [-0.05, 0) is 12.1 Å². The van der Waals surface area contributed by atoms with E-state index in [0.717, 1.165) is 0 Å². The zero-order chi connectivity index (χ0) is 16.5. The highest BCUT2D eigenvalue weighted by molar-refractivity contribution is 5.83. The first-order valence-electron chi connectivity index (χ1n) is 6.06. The highest BCUT2D eigenvalue weighted by atomic mass is 16.5. The smallest absolute Gasteiger partial charge is 0.427 e. The second-order valence-electron chi connectivity index (χ2n) is 3.87. The second kappa shape index (κ2) is 8.35. The Hall–Kier alpha value is -2.97. The van der Waals surface area contributed by atoms with E-state index in [-0.39, 0.29) is 12.4 Å². The summed E-state index contributed by atoms with van der Waals surface area (Å²) in [6.07, 6.45) is 0.663. The minimum atomic E-state index is -0.698. The number of rotatable bonds is 7. The molecule has 1 rings (SSSR count). The lowest BCUT2D eigenvalue weighted by atomic mass is 10.2. The molecule has 0 saturated carbocycles. The van der Waals surface area contributed by atoms with Crippen LogP contribution in [-0.2, 0) is 9.53 Å². The number of nitrogens with two attached hydrogens (primary N) is 1. The zero-order valence-corrected chi connectivity index (χ0v) is 12.4. The fourth-order valence-electron chi connectivity index (χ4n) is 1.47. The average molecular weight is 311 g/mol. The maximum absolute atomic E-state index is 10.9. The standard InChI is InChI=1S/C13H17N3O6/c1-19-9-4-8(6-15-16-13(18)21-3)5-10(20-2)12(9)22-7-11(14)17/h4-6H,7H2,1-3H3,(H2,14,17)(H,16,18)/b15-6-. The van der Waals surface area contributed by atoms with E-state index in [1.54, 1.807) is 12.1 Å². The Balaban J connectivity index is 3.02. The van der Waals surface area contributed by atoms with Crippen molar-refractivity contribution in [2.75, 3.05) is 27.9 Å². The average Bonchev–Trinajstić information content (AvgIpc) is 2.52. The molecule has 0 radical (unpaired) electrons. The predicted molar refractivity (Wildman–Crippen MR) is 77.4 cm³/mol. The number of primary amides is 1. The molecule has 2 amide bonds. The molecule has 0 fully saturated rings. The summed E-state index contributed by atoms with van der Waals surface area (Å²) in [5.74, 6) is 0.249. The number of nitrogens with one attached hydrogen (secondary N) is 1. The van der Waals surface area contributed by atoms with E-state index in [4.69, 9.17) is 19.9 Å². The lowest BCUT2D eigenvalue weighted by Gasteiger charge is -2.14. The molecule has 0 heterocycles. The monoisotopic (exact) mass is 311 g/mol. The number of carbonyl (C=O) groups excluding carboxylic acids is 2. The van der Waals surface area contributed by atoms with E-state index in [2.05, 4.69) is 15.3 Å². The fourth-order valence-corrected chi connectivity index (χ4v) is 1.47. The van der Waals surface area contributed by atoms with E-state index >= 15 is 0 Å². The summed E-state index contributed by atoms with van der Waals surface area (Å²) in [6.45, 7) is -0.315. The van der Waals surface area contributed by atoms with Gasteiger partial charge in [-0.2, -0.15) is 5.10 Å². The number of amides is 2. The van der Waals surface area contributed by atoms with Gasteiger partial charge in [-0.15, -0.1) is 0 Å². The third kappa shape index (κ3) is 4.85. The van der Waals surface area contributed by atoms with Crippen LogP contribution < -0.4 is 25.4 Å². The molecule has 3 N–H and O–H groups in total. The molecule has 0 aliphatic heterocycles. The van der Waals surface area contributed by atoms with Gasteiger partial charge >= 0.3 is 6.09 Å². The molecule has 0 bridgehead atoms. The van der Waals surface area contributed by atoms with Crippen molar-refractivity contribution in [3.63, 3.8) is 0 Å². The molecule has 9 nitrogen and oxygen atoms in total. The maximum Gasteiger partial charge on any atom is 0.427 e. The van der Waals surface area contributed by atoms with Gasteiger partial charge in [-0.1, -0.05) is 0 Å². The number of hydrazone groups is 1. The Morgan fingerprint density at radius 2 is 1.82 bits per heavy atom. The molecular weight excluding hydrogens is 294 g/mol. The third-order valence-electron chi connectivity index (χ3n) is 2.40. The molecule has 0 aromatic heterocycles. The van der Waals surface area contributed by atoms with Crippen LogP contribution in [0.15, 0.2) is 17.2 Å². The first-order valence-corrected chi connectivity index (χ1v) is 6.06. The molecule has 0 aliphatic rings. The maximum atomic E-state index is 10.9. The number of ether oxygens (including phenoxy) is 4. The molecule has 120 valence electrons. The van der Waals surface area contributed by atoms with E-state index in [0.29, 0.717) is 17.1 Å². The Morgan fingerprint density at radius 1 is 1.23 bits per heavy atom. The predicted octanol–water partition coefficient (Wildman–Crippen LogP) is 0.258. The van der Waals surface area contributed by atoms with E-state index < -0.39 is 12.0 Å². The van der Waals surface area contributed by atoms with Crippen LogP contribution in [0.25, 0.3) is 0 Å². The van der Waals surface area contributed by atoms with Crippen LogP contribution >= 0.6 is 0 Å². The molecule has 22 heavy (non-hydrogen) atoms. The van der Waals surface area contributed by atoms with Crippen molar-refractivity contribution in [2.45, 2.75) is 0 Å². The van der Waals surface area contributed by atoms with Gasteiger partial charge in [-0.25, -0.2) is 10.2 Å². The van der Waals surface area contributed by atoms with Crippen LogP contribution in [0.3, 0.4) is 0 Å². The van der Waals surface area contributed by atoms with Crippen molar-refractivity contribution in [3.05, 3.63) is 17.7 Å². The summed E-state index contributed by atoms with van der Waals surface area (Å²) in [6, 6.07) is 3.17. The number of methoxy groups -OCH3 is 3. The van der Waals surface area contributed by atoms with E-state index in [1.165, 1.54) is 27.5 Å². The first kappa shape index (κ1) is 17.1. The highest BCUT2D eigenvalue weighted by Gasteiger charge is 2.14. The molecule has 0 unspecified atom stereocenters. The van der Waals surface area contributed by atoms with Crippen molar-refractivity contribution in [1.82, 2.24) is 5.43 Å². The topological polar surface area (TPSA) is 121 Å². The number of hydrogen-bond donors (Lipinski definition) is 2. The third-order valence-corrected chi connectivity index (χ3v) is 2.40. The molecule has 0 saturated heterocycles. The van der Waals surface area contributed by atoms with Crippen LogP contribution in [0.5, 0.6) is 17.2 Å². The number of carbonyl (C=O) groups is 2. The van der Waals surface area contributed by atoms with Gasteiger partial charge in [0.1, 0.15) is 0 Å². The van der Waals surface area contributed by atoms with Gasteiger partial charge in [0.2, 0.25) is 5.75 Å². The Kier molecular flexibility index (Phi) is 6.48. The van der Waals surface area contributed by atoms with Gasteiger partial charge in [0, 0.05) is 5.56 Å². The molecule has 9 heteroatoms. The van der Waals surface area contributed by atoms with E-state index in [9.17, 15) is 9.59 Å². The summed E-state index contributed by atoms with van der Waals surface area (Å²) < 4.78 is 20.0. The fraction of sp³-hybridized carbons (Fsp3) is 0.308. The van der Waals surface area contributed by atoms with Crippen LogP contribution in [-0.4, -0.2) is 46.2 Å². The molecule has 0 atom stereocenters. The highest BCUT2D eigenvalue weighted by Crippen LogP contribution is 2.38. The Bertz CT molecular complexity index is 548. The van der Waals surface area contributed by atoms with Crippen LogP contribution in [0.2, 0.25) is 0 Å². The summed E-state index contributed by atoms with van der Waals surface area (Å²) >= 11 is 0. The van der Waals surface area contributed by atoms with Gasteiger partial charge in [0.25, 0.3) is 5.91 Å². The molecule has 1 aromatic carbocycles. The van der Waals surface area contributed by atoms with Crippen molar-refractivity contribution in [2.24, 2.45) is 10.8 Å². The second-order valence-corrected chi connectivity index (χ2v) is 3.87.